The molecule has 0 aromatic heterocycles. The normalized spacial score (nSPS) is 14.3. The Kier molecular flexibility index (Phi) is 51.3. The van der Waals surface area contributed by atoms with Crippen LogP contribution < -0.4 is 0 Å². The summed E-state index contributed by atoms with van der Waals surface area (Å²) in [5.41, 5.74) is 0. The van der Waals surface area contributed by atoms with E-state index in [-0.39, 0.29) is 75.7 Å². The highest BCUT2D eigenvalue weighted by molar-refractivity contribution is 5.74. The third-order valence-corrected chi connectivity index (χ3v) is 10.2. The van der Waals surface area contributed by atoms with E-state index < -0.39 is 18.3 Å². The first-order valence-corrected chi connectivity index (χ1v) is 24.2. The SMILES string of the molecule is CCCCC(CC)COCCCN(CC(COC)OCC(O)CO)C(C)=O.CCOCC(CN(CCCOC)C(C)=O)OCC(O)CO.COCCCN(CC(COC)OCC(O)CO)C(C)=O. The number of amides is 3. The van der Waals surface area contributed by atoms with Gasteiger partial charge in [0, 0.05) is 122 Å². The van der Waals surface area contributed by atoms with Crippen molar-refractivity contribution in [3.8, 4) is 0 Å². The molecule has 7 unspecified atom stereocenters. The minimum atomic E-state index is -0.928. The number of hydrogen-bond donors (Lipinski definition) is 6. The van der Waals surface area contributed by atoms with Crippen LogP contribution in [0.15, 0.2) is 0 Å². The van der Waals surface area contributed by atoms with Crippen molar-refractivity contribution in [2.75, 3.05) is 160 Å². The largest absolute Gasteiger partial charge is 0.394 e. The molecule has 0 aliphatic heterocycles. The second-order valence-corrected chi connectivity index (χ2v) is 16.4. The van der Waals surface area contributed by atoms with Crippen molar-refractivity contribution >= 4 is 17.7 Å². The van der Waals surface area contributed by atoms with Gasteiger partial charge < -0.3 is 88.0 Å². The molecule has 0 aliphatic carbocycles. The van der Waals surface area contributed by atoms with E-state index in [2.05, 4.69) is 13.8 Å². The van der Waals surface area contributed by atoms with Crippen molar-refractivity contribution in [3.63, 3.8) is 0 Å². The molecular weight excluding hydrogens is 895 g/mol. The number of aliphatic hydroxyl groups is 6. The Morgan fingerprint density at radius 3 is 1.13 bits per heavy atom. The lowest BCUT2D eigenvalue weighted by Gasteiger charge is -2.27. The summed E-state index contributed by atoms with van der Waals surface area (Å²) in [6.07, 6.45) is 3.26. The number of aliphatic hydroxyl groups excluding tert-OH is 6. The van der Waals surface area contributed by atoms with Gasteiger partial charge in [-0.05, 0) is 38.5 Å². The van der Waals surface area contributed by atoms with Gasteiger partial charge in [0.1, 0.15) is 18.3 Å². The highest BCUT2D eigenvalue weighted by Gasteiger charge is 2.21. The van der Waals surface area contributed by atoms with Gasteiger partial charge in [-0.15, -0.1) is 0 Å². The van der Waals surface area contributed by atoms with Crippen LogP contribution in [0.5, 0.6) is 0 Å². The third-order valence-electron chi connectivity index (χ3n) is 10.2. The lowest BCUT2D eigenvalue weighted by atomic mass is 10.0. The molecular formula is C47H97N3O18. The van der Waals surface area contributed by atoms with Gasteiger partial charge in [0.15, 0.2) is 0 Å². The zero-order valence-corrected chi connectivity index (χ0v) is 43.6. The molecule has 0 aromatic rings. The van der Waals surface area contributed by atoms with Crippen LogP contribution in [0.3, 0.4) is 0 Å². The topological polar surface area (TPSA) is 265 Å². The summed E-state index contributed by atoms with van der Waals surface area (Å²) < 4.78 is 47.8. The average Bonchev–Trinajstić information content (AvgIpc) is 3.32. The fourth-order valence-corrected chi connectivity index (χ4v) is 6.16. The molecule has 0 spiro atoms. The fraction of sp³-hybridized carbons (Fsp3) is 0.936. The lowest BCUT2D eigenvalue weighted by molar-refractivity contribution is -0.133. The van der Waals surface area contributed by atoms with Crippen molar-refractivity contribution in [2.24, 2.45) is 5.92 Å². The summed E-state index contributed by atoms with van der Waals surface area (Å²) in [7, 11) is 6.34. The van der Waals surface area contributed by atoms with Gasteiger partial charge in [0.05, 0.1) is 77.8 Å². The minimum Gasteiger partial charge on any atom is -0.394 e. The maximum Gasteiger partial charge on any atom is 0.219 e. The van der Waals surface area contributed by atoms with E-state index in [0.29, 0.717) is 91.4 Å². The molecule has 0 saturated carbocycles. The number of rotatable bonds is 43. The highest BCUT2D eigenvalue weighted by atomic mass is 16.5. The number of hydrogen-bond acceptors (Lipinski definition) is 18. The first kappa shape index (κ1) is 70.1. The Balaban J connectivity index is -0.000000946. The van der Waals surface area contributed by atoms with Crippen molar-refractivity contribution in [1.82, 2.24) is 14.7 Å². The second kappa shape index (κ2) is 49.8. The lowest BCUT2D eigenvalue weighted by Crippen LogP contribution is -2.41. The van der Waals surface area contributed by atoms with E-state index >= 15 is 0 Å². The smallest absolute Gasteiger partial charge is 0.219 e. The number of carbonyl (C=O) groups is 3. The Hall–Kier alpha value is -2.19. The highest BCUT2D eigenvalue weighted by Crippen LogP contribution is 2.13. The van der Waals surface area contributed by atoms with Crippen molar-refractivity contribution in [1.29, 1.82) is 0 Å². The van der Waals surface area contributed by atoms with Crippen molar-refractivity contribution in [3.05, 3.63) is 0 Å². The fourth-order valence-electron chi connectivity index (χ4n) is 6.16. The molecule has 0 radical (unpaired) electrons. The number of nitrogens with zero attached hydrogens (tertiary/aromatic N) is 3. The Bertz CT molecular complexity index is 1130. The monoisotopic (exact) mass is 992 g/mol. The maximum atomic E-state index is 11.9. The van der Waals surface area contributed by atoms with Crippen LogP contribution in [0, 0.1) is 5.92 Å². The van der Waals surface area contributed by atoms with Crippen LogP contribution in [-0.4, -0.2) is 260 Å². The molecule has 408 valence electrons. The van der Waals surface area contributed by atoms with Crippen LogP contribution >= 0.6 is 0 Å². The van der Waals surface area contributed by atoms with Crippen molar-refractivity contribution < 1.29 is 87.7 Å². The first-order valence-electron chi connectivity index (χ1n) is 24.2. The first-order chi connectivity index (χ1) is 32.6. The second-order valence-electron chi connectivity index (χ2n) is 16.4. The minimum absolute atomic E-state index is 0.00828. The van der Waals surface area contributed by atoms with Crippen LogP contribution in [0.2, 0.25) is 0 Å². The molecule has 0 heterocycles. The summed E-state index contributed by atoms with van der Waals surface area (Å²) >= 11 is 0. The molecule has 21 nitrogen and oxygen atoms in total. The van der Waals surface area contributed by atoms with Crippen LogP contribution in [0.1, 0.15) is 86.5 Å². The van der Waals surface area contributed by atoms with Gasteiger partial charge in [0.25, 0.3) is 0 Å². The van der Waals surface area contributed by atoms with E-state index in [1.165, 1.54) is 40.0 Å². The van der Waals surface area contributed by atoms with Crippen LogP contribution in [-0.2, 0) is 57.0 Å². The van der Waals surface area contributed by atoms with Crippen LogP contribution in [0.25, 0.3) is 0 Å². The van der Waals surface area contributed by atoms with E-state index in [4.69, 9.17) is 58.0 Å². The zero-order valence-electron chi connectivity index (χ0n) is 43.6. The average molecular weight is 992 g/mol. The standard InChI is InChI=1S/C20H41NO6.C14H29NO6.C13H27NO6/c1-5-7-9-18(6-2)14-26-11-8-10-21(17(3)23)12-20(16-25-4)27-15-19(24)13-22;1-4-20-11-14(21-10-13(18)9-16)8-15(12(2)17)6-5-7-19-3;1-11(16)14(5-4-6-18-2)7-13(10-19-3)20-9-12(17)8-15/h18-20,22,24H,5-16H2,1-4H3;13-14,16,18H,4-11H2,1-3H3;12-13,15,17H,4-10H2,1-3H3. The van der Waals surface area contributed by atoms with Crippen molar-refractivity contribution in [2.45, 2.75) is 123 Å². The van der Waals surface area contributed by atoms with Gasteiger partial charge in [-0.2, -0.15) is 0 Å². The number of ether oxygens (including phenoxy) is 9. The van der Waals surface area contributed by atoms with E-state index in [9.17, 15) is 29.7 Å². The molecule has 0 fully saturated rings. The van der Waals surface area contributed by atoms with Gasteiger partial charge >= 0.3 is 0 Å². The molecule has 0 saturated heterocycles. The summed E-state index contributed by atoms with van der Waals surface area (Å²) in [5.74, 6) is 0.496. The molecule has 0 bridgehead atoms. The Morgan fingerprint density at radius 2 is 0.838 bits per heavy atom. The zero-order chi connectivity index (χ0) is 52.0. The summed E-state index contributed by atoms with van der Waals surface area (Å²) in [6.45, 7) is 16.8. The molecule has 21 heteroatoms. The summed E-state index contributed by atoms with van der Waals surface area (Å²) in [4.78, 5) is 40.2. The Labute approximate surface area is 408 Å². The molecule has 0 aliphatic rings. The van der Waals surface area contributed by atoms with Gasteiger partial charge in [0.2, 0.25) is 17.7 Å². The van der Waals surface area contributed by atoms with Crippen LogP contribution in [0.4, 0.5) is 0 Å². The molecule has 7 atom stereocenters. The van der Waals surface area contributed by atoms with Gasteiger partial charge in [-0.25, -0.2) is 0 Å². The molecule has 68 heavy (non-hydrogen) atoms. The quantitative estimate of drug-likeness (QED) is 0.0461. The summed E-state index contributed by atoms with van der Waals surface area (Å²) in [6, 6.07) is 0. The van der Waals surface area contributed by atoms with E-state index in [1.54, 1.807) is 43.1 Å². The number of methoxy groups -OCH3 is 4. The summed E-state index contributed by atoms with van der Waals surface area (Å²) in [5, 5.41) is 54.5. The molecule has 6 N–H and O–H groups in total. The molecule has 3 amide bonds. The van der Waals surface area contributed by atoms with E-state index in [1.807, 2.05) is 6.92 Å². The molecule has 0 aromatic carbocycles. The predicted octanol–water partition coefficient (Wildman–Crippen LogP) is 0.745. The number of carbonyl (C=O) groups excluding carboxylic acids is 3. The van der Waals surface area contributed by atoms with Gasteiger partial charge in [-0.1, -0.05) is 33.1 Å². The Morgan fingerprint density at radius 1 is 0.471 bits per heavy atom. The molecule has 0 rings (SSSR count). The number of unbranched alkanes of at least 4 members (excludes halogenated alkanes) is 1. The van der Waals surface area contributed by atoms with Gasteiger partial charge in [-0.3, -0.25) is 14.4 Å². The maximum absolute atomic E-state index is 11.9. The van der Waals surface area contributed by atoms with E-state index in [0.717, 1.165) is 32.3 Å². The predicted molar refractivity (Wildman–Crippen MR) is 257 cm³/mol. The third kappa shape index (κ3) is 42.7.